The number of para-hydroxylation sites is 1. The first-order valence-corrected chi connectivity index (χ1v) is 13.6. The number of carbonyl (C=O) groups is 1. The highest BCUT2D eigenvalue weighted by molar-refractivity contribution is 5.90. The number of aromatic hydroxyl groups is 1. The fourth-order valence-electron chi connectivity index (χ4n) is 5.99. The number of hydrogen-bond acceptors (Lipinski definition) is 3. The highest BCUT2D eigenvalue weighted by Gasteiger charge is 2.38. The summed E-state index contributed by atoms with van der Waals surface area (Å²) in [4.78, 5) is 15.4. The molecule has 0 spiro atoms. The van der Waals surface area contributed by atoms with Crippen molar-refractivity contribution in [2.45, 2.75) is 109 Å². The van der Waals surface area contributed by atoms with E-state index in [0.29, 0.717) is 17.8 Å². The van der Waals surface area contributed by atoms with Gasteiger partial charge in [-0.25, -0.2) is 4.79 Å². The molecule has 2 aromatic carbocycles. The van der Waals surface area contributed by atoms with E-state index >= 15 is 0 Å². The van der Waals surface area contributed by atoms with Crippen LogP contribution >= 0.6 is 0 Å². The van der Waals surface area contributed by atoms with Crippen molar-refractivity contribution in [2.75, 3.05) is 12.4 Å². The minimum absolute atomic E-state index is 0.105. The Kier molecular flexibility index (Phi) is 7.43. The maximum atomic E-state index is 12.9. The van der Waals surface area contributed by atoms with E-state index in [-0.39, 0.29) is 22.9 Å². The van der Waals surface area contributed by atoms with Gasteiger partial charge in [-0.2, -0.15) is 0 Å². The monoisotopic (exact) mass is 491 g/mol. The van der Waals surface area contributed by atoms with E-state index in [9.17, 15) is 9.90 Å². The van der Waals surface area contributed by atoms with Crippen molar-refractivity contribution in [2.24, 2.45) is 0 Å². The first kappa shape index (κ1) is 26.5. The van der Waals surface area contributed by atoms with Gasteiger partial charge in [0.2, 0.25) is 0 Å². The smallest absolute Gasteiger partial charge is 0.319 e. The molecule has 0 aliphatic carbocycles. The van der Waals surface area contributed by atoms with Crippen LogP contribution in [0.3, 0.4) is 0 Å². The summed E-state index contributed by atoms with van der Waals surface area (Å²) >= 11 is 0. The van der Waals surface area contributed by atoms with Gasteiger partial charge in [-0.1, -0.05) is 71.9 Å². The van der Waals surface area contributed by atoms with Crippen LogP contribution in [0.15, 0.2) is 36.4 Å². The Balaban J connectivity index is 1.46. The Morgan fingerprint density at radius 2 is 1.50 bits per heavy atom. The lowest BCUT2D eigenvalue weighted by atomic mass is 9.78. The Hall–Kier alpha value is -2.53. The summed E-state index contributed by atoms with van der Waals surface area (Å²) in [5, 5.41) is 17.4. The van der Waals surface area contributed by atoms with Crippen molar-refractivity contribution >= 4 is 11.7 Å². The average Bonchev–Trinajstić information content (AvgIpc) is 2.98. The second-order valence-electron chi connectivity index (χ2n) is 13.0. The number of benzene rings is 2. The third kappa shape index (κ3) is 5.88. The molecule has 2 fully saturated rings. The van der Waals surface area contributed by atoms with E-state index in [1.54, 1.807) is 0 Å². The molecule has 4 rings (SSSR count). The molecular weight excluding hydrogens is 446 g/mol. The molecule has 2 unspecified atom stereocenters. The third-order valence-corrected chi connectivity index (χ3v) is 8.17. The minimum atomic E-state index is -0.148. The van der Waals surface area contributed by atoms with Crippen LogP contribution in [-0.4, -0.2) is 41.2 Å². The second kappa shape index (κ2) is 10.1. The number of carbonyl (C=O) groups excluding carboxylic acids is 1. The van der Waals surface area contributed by atoms with Gasteiger partial charge in [0.25, 0.3) is 0 Å². The molecule has 2 atom stereocenters. The molecule has 36 heavy (non-hydrogen) atoms. The highest BCUT2D eigenvalue weighted by atomic mass is 16.3. The molecule has 0 aromatic heterocycles. The van der Waals surface area contributed by atoms with E-state index in [2.05, 4.69) is 82.3 Å². The number of fused-ring (bicyclic) bond motifs is 2. The fourth-order valence-corrected chi connectivity index (χ4v) is 5.99. The Morgan fingerprint density at radius 3 is 2.06 bits per heavy atom. The number of amides is 2. The molecule has 2 saturated heterocycles. The molecule has 2 heterocycles. The van der Waals surface area contributed by atoms with Crippen LogP contribution in [-0.2, 0) is 23.7 Å². The van der Waals surface area contributed by atoms with Gasteiger partial charge in [0.15, 0.2) is 0 Å². The zero-order valence-corrected chi connectivity index (χ0v) is 23.2. The van der Waals surface area contributed by atoms with E-state index < -0.39 is 0 Å². The number of phenols is 1. The summed E-state index contributed by atoms with van der Waals surface area (Å²) in [6.45, 7) is 12.9. The molecule has 0 saturated carbocycles. The van der Waals surface area contributed by atoms with Crippen LogP contribution in [0.1, 0.15) is 89.5 Å². The number of aryl methyl sites for hydroxylation is 2. The van der Waals surface area contributed by atoms with Crippen LogP contribution in [0.2, 0.25) is 0 Å². The molecule has 2 amide bonds. The largest absolute Gasteiger partial charge is 0.507 e. The number of hydrogen-bond donors (Lipinski definition) is 3. The van der Waals surface area contributed by atoms with Gasteiger partial charge in [0.05, 0.1) is 0 Å². The van der Waals surface area contributed by atoms with Crippen LogP contribution in [0.5, 0.6) is 5.75 Å². The zero-order valence-electron chi connectivity index (χ0n) is 23.2. The second-order valence-corrected chi connectivity index (χ2v) is 13.0. The minimum Gasteiger partial charge on any atom is -0.507 e. The SMILES string of the molecule is CN1C2CCC1CC(NC(=O)Nc1ccccc1CCc1cc(C(C)(C)C)c(O)c(C(C)(C)C)c1)C2. The zero-order chi connectivity index (χ0) is 26.3. The first-order chi connectivity index (χ1) is 16.8. The van der Waals surface area contributed by atoms with Gasteiger partial charge in [0.1, 0.15) is 5.75 Å². The number of nitrogens with zero attached hydrogens (tertiary/aromatic N) is 1. The number of rotatable bonds is 5. The predicted octanol–water partition coefficient (Wildman–Crippen LogP) is 6.52. The van der Waals surface area contributed by atoms with Crippen molar-refractivity contribution in [1.82, 2.24) is 10.2 Å². The predicted molar refractivity (Wildman–Crippen MR) is 149 cm³/mol. The fraction of sp³-hybridized carbons (Fsp3) is 0.581. The maximum Gasteiger partial charge on any atom is 0.319 e. The average molecular weight is 492 g/mol. The van der Waals surface area contributed by atoms with Crippen LogP contribution in [0, 0.1) is 0 Å². The molecule has 2 aliphatic heterocycles. The molecule has 5 nitrogen and oxygen atoms in total. The summed E-state index contributed by atoms with van der Waals surface area (Å²) in [5.41, 5.74) is 4.89. The molecule has 2 aromatic rings. The quantitative estimate of drug-likeness (QED) is 0.446. The molecule has 196 valence electrons. The van der Waals surface area contributed by atoms with E-state index in [1.807, 2.05) is 18.2 Å². The van der Waals surface area contributed by atoms with Crippen LogP contribution in [0.4, 0.5) is 10.5 Å². The lowest BCUT2D eigenvalue weighted by Gasteiger charge is -2.36. The van der Waals surface area contributed by atoms with Gasteiger partial charge in [0, 0.05) is 23.8 Å². The summed E-state index contributed by atoms with van der Waals surface area (Å²) < 4.78 is 0. The van der Waals surface area contributed by atoms with E-state index in [4.69, 9.17) is 0 Å². The normalized spacial score (nSPS) is 22.5. The standard InChI is InChI=1S/C31H45N3O2/c1-30(2,3)25-16-20(17-26(28(25)35)31(4,5)6)12-13-21-10-8-9-11-27(21)33-29(36)32-22-18-23-14-15-24(19-22)34(23)7/h8-11,16-17,22-24,35H,12-15,18-19H2,1-7H3,(H2,32,33,36). The van der Waals surface area contributed by atoms with Crippen molar-refractivity contribution < 1.29 is 9.90 Å². The summed E-state index contributed by atoms with van der Waals surface area (Å²) in [7, 11) is 2.22. The number of piperidine rings is 1. The van der Waals surface area contributed by atoms with Gasteiger partial charge in [-0.05, 0) is 84.7 Å². The third-order valence-electron chi connectivity index (χ3n) is 8.17. The van der Waals surface area contributed by atoms with Gasteiger partial charge in [-0.15, -0.1) is 0 Å². The Labute approximate surface area is 217 Å². The Morgan fingerprint density at radius 1 is 0.944 bits per heavy atom. The van der Waals surface area contributed by atoms with Crippen LogP contribution < -0.4 is 10.6 Å². The number of anilines is 1. The summed E-state index contributed by atoms with van der Waals surface area (Å²) in [6.07, 6.45) is 6.21. The number of nitrogens with one attached hydrogen (secondary N) is 2. The maximum absolute atomic E-state index is 12.9. The topological polar surface area (TPSA) is 64.6 Å². The van der Waals surface area contributed by atoms with Crippen molar-refractivity contribution in [3.8, 4) is 5.75 Å². The molecule has 2 aliphatic rings. The van der Waals surface area contributed by atoms with Gasteiger partial charge >= 0.3 is 6.03 Å². The Bertz CT molecular complexity index is 1050. The van der Waals surface area contributed by atoms with Crippen LogP contribution in [0.25, 0.3) is 0 Å². The molecule has 5 heteroatoms. The van der Waals surface area contributed by atoms with E-state index in [0.717, 1.165) is 48.1 Å². The van der Waals surface area contributed by atoms with Gasteiger partial charge in [-0.3, -0.25) is 0 Å². The molecule has 3 N–H and O–H groups in total. The number of phenolic OH excluding ortho intramolecular Hbond substituents is 1. The number of urea groups is 1. The van der Waals surface area contributed by atoms with Crippen molar-refractivity contribution in [1.29, 1.82) is 0 Å². The molecule has 2 bridgehead atoms. The van der Waals surface area contributed by atoms with Crippen molar-refractivity contribution in [3.05, 3.63) is 58.7 Å². The van der Waals surface area contributed by atoms with Crippen molar-refractivity contribution in [3.63, 3.8) is 0 Å². The lowest BCUT2D eigenvalue weighted by molar-refractivity contribution is 0.151. The summed E-state index contributed by atoms with van der Waals surface area (Å²) in [5.74, 6) is 0.417. The molecule has 0 radical (unpaired) electrons. The molecular formula is C31H45N3O2. The summed E-state index contributed by atoms with van der Waals surface area (Å²) in [6, 6.07) is 13.7. The van der Waals surface area contributed by atoms with Gasteiger partial charge < -0.3 is 20.6 Å². The van der Waals surface area contributed by atoms with E-state index in [1.165, 1.54) is 18.4 Å². The lowest BCUT2D eigenvalue weighted by Crippen LogP contribution is -2.49. The highest BCUT2D eigenvalue weighted by Crippen LogP contribution is 2.40. The first-order valence-electron chi connectivity index (χ1n) is 13.6.